The lowest BCUT2D eigenvalue weighted by Crippen LogP contribution is -2.30. The van der Waals surface area contributed by atoms with E-state index in [2.05, 4.69) is 14.7 Å². The van der Waals surface area contributed by atoms with E-state index in [1.807, 2.05) is 0 Å². The number of hydrogen-bond acceptors (Lipinski definition) is 6. The van der Waals surface area contributed by atoms with Crippen molar-refractivity contribution in [1.29, 1.82) is 0 Å². The van der Waals surface area contributed by atoms with Gasteiger partial charge in [-0.1, -0.05) is 6.07 Å². The van der Waals surface area contributed by atoms with Gasteiger partial charge in [-0.25, -0.2) is 27.2 Å². The zero-order valence-corrected chi connectivity index (χ0v) is 22.3. The SMILES string of the molecule is Cc1c(F)cnc(N2CCCC(F)(F)CC2)c1C(=O)Nc1cccc([S@@](C)(=O)=NC(=O)OC(C)(C)C)c1. The highest BCUT2D eigenvalue weighted by Gasteiger charge is 2.33. The van der Waals surface area contributed by atoms with E-state index in [9.17, 15) is 27.0 Å². The molecule has 0 radical (unpaired) electrons. The summed E-state index contributed by atoms with van der Waals surface area (Å²) < 4.78 is 64.1. The van der Waals surface area contributed by atoms with Crippen LogP contribution in [0.25, 0.3) is 0 Å². The number of nitrogens with one attached hydrogen (secondary N) is 1. The summed E-state index contributed by atoms with van der Waals surface area (Å²) in [5, 5.41) is 2.64. The molecule has 1 atom stereocenters. The summed E-state index contributed by atoms with van der Waals surface area (Å²) in [6.45, 7) is 6.59. The van der Waals surface area contributed by atoms with Crippen molar-refractivity contribution in [3.63, 3.8) is 0 Å². The van der Waals surface area contributed by atoms with E-state index in [1.54, 1.807) is 25.7 Å². The van der Waals surface area contributed by atoms with Crippen molar-refractivity contribution in [2.45, 2.75) is 63.4 Å². The maximum atomic E-state index is 14.4. The first-order valence-corrected chi connectivity index (χ1v) is 13.6. The largest absolute Gasteiger partial charge is 0.442 e. The number of nitrogens with zero attached hydrogens (tertiary/aromatic N) is 3. The zero-order valence-electron chi connectivity index (χ0n) is 21.4. The van der Waals surface area contributed by atoms with Crippen LogP contribution in [-0.2, 0) is 14.5 Å². The predicted octanol–water partition coefficient (Wildman–Crippen LogP) is 5.80. The average molecular weight is 541 g/mol. The number of rotatable bonds is 4. The van der Waals surface area contributed by atoms with Crippen molar-refractivity contribution in [3.8, 4) is 0 Å². The minimum Gasteiger partial charge on any atom is -0.442 e. The van der Waals surface area contributed by atoms with Gasteiger partial charge in [-0.3, -0.25) is 4.79 Å². The van der Waals surface area contributed by atoms with Crippen molar-refractivity contribution < 1.29 is 31.7 Å². The number of anilines is 2. The lowest BCUT2D eigenvalue weighted by molar-refractivity contribution is -0.0102. The van der Waals surface area contributed by atoms with E-state index in [0.29, 0.717) is 0 Å². The highest BCUT2D eigenvalue weighted by molar-refractivity contribution is 7.93. The Kier molecular flexibility index (Phi) is 8.21. The molecule has 1 N–H and O–H groups in total. The number of amides is 2. The molecular formula is C25H31F3N4O4S. The molecule has 0 saturated carbocycles. The molecule has 1 fully saturated rings. The highest BCUT2D eigenvalue weighted by atomic mass is 32.2. The van der Waals surface area contributed by atoms with E-state index in [1.165, 1.54) is 37.4 Å². The topological polar surface area (TPSA) is 101 Å². The van der Waals surface area contributed by atoms with Gasteiger partial charge >= 0.3 is 6.09 Å². The summed E-state index contributed by atoms with van der Waals surface area (Å²) in [7, 11) is -3.21. The van der Waals surface area contributed by atoms with E-state index in [0.717, 1.165) is 6.20 Å². The van der Waals surface area contributed by atoms with E-state index in [-0.39, 0.29) is 53.5 Å². The molecule has 0 aliphatic carbocycles. The molecule has 1 aliphatic heterocycles. The number of hydrogen-bond donors (Lipinski definition) is 1. The summed E-state index contributed by atoms with van der Waals surface area (Å²) in [5.41, 5.74) is -0.655. The Hall–Kier alpha value is -3.15. The second kappa shape index (κ2) is 10.7. The van der Waals surface area contributed by atoms with Crippen LogP contribution in [0.3, 0.4) is 0 Å². The van der Waals surface area contributed by atoms with Crippen LogP contribution in [0.15, 0.2) is 39.7 Å². The monoisotopic (exact) mass is 540 g/mol. The maximum Gasteiger partial charge on any atom is 0.442 e. The van der Waals surface area contributed by atoms with Crippen LogP contribution in [0.4, 0.5) is 29.5 Å². The number of benzene rings is 1. The van der Waals surface area contributed by atoms with Crippen LogP contribution in [0.2, 0.25) is 0 Å². The van der Waals surface area contributed by atoms with Gasteiger partial charge in [0, 0.05) is 48.3 Å². The van der Waals surface area contributed by atoms with Crippen LogP contribution >= 0.6 is 0 Å². The van der Waals surface area contributed by atoms with Crippen LogP contribution in [0, 0.1) is 12.7 Å². The molecule has 8 nitrogen and oxygen atoms in total. The third-order valence-corrected chi connectivity index (χ3v) is 7.30. The molecule has 0 bridgehead atoms. The van der Waals surface area contributed by atoms with Crippen LogP contribution in [0.5, 0.6) is 0 Å². The number of halogens is 3. The van der Waals surface area contributed by atoms with Gasteiger partial charge in [0.05, 0.1) is 21.5 Å². The fourth-order valence-corrected chi connectivity index (χ4v) is 4.94. The van der Waals surface area contributed by atoms with Crippen LogP contribution in [0.1, 0.15) is 56.0 Å². The normalized spacial score (nSPS) is 17.4. The molecule has 2 heterocycles. The molecule has 2 amide bonds. The Balaban J connectivity index is 1.91. The lowest BCUT2D eigenvalue weighted by Gasteiger charge is -2.25. The number of aromatic nitrogens is 1. The molecule has 0 spiro atoms. The summed E-state index contributed by atoms with van der Waals surface area (Å²) in [4.78, 5) is 31.2. The molecule has 202 valence electrons. The first-order chi connectivity index (χ1) is 17.1. The second-order valence-corrected chi connectivity index (χ2v) is 12.2. The quantitative estimate of drug-likeness (QED) is 0.526. The van der Waals surface area contributed by atoms with Gasteiger partial charge in [0.15, 0.2) is 0 Å². The Labute approximate surface area is 214 Å². The molecular weight excluding hydrogens is 509 g/mol. The summed E-state index contributed by atoms with van der Waals surface area (Å²) >= 11 is 0. The summed E-state index contributed by atoms with van der Waals surface area (Å²) in [6, 6.07) is 5.93. The van der Waals surface area contributed by atoms with Gasteiger partial charge in [-0.05, 0) is 52.3 Å². The fraction of sp³-hybridized carbons (Fsp3) is 0.480. The molecule has 3 rings (SSSR count). The lowest BCUT2D eigenvalue weighted by atomic mass is 10.1. The third-order valence-electron chi connectivity index (χ3n) is 5.67. The number of alkyl halides is 2. The van der Waals surface area contributed by atoms with Crippen molar-refractivity contribution in [1.82, 2.24) is 4.98 Å². The zero-order chi connectivity index (χ0) is 27.6. The molecule has 2 aromatic rings. The van der Waals surface area contributed by atoms with Gasteiger partial charge in [0.1, 0.15) is 17.2 Å². The predicted molar refractivity (Wildman–Crippen MR) is 135 cm³/mol. The van der Waals surface area contributed by atoms with Gasteiger partial charge < -0.3 is 15.0 Å². The number of carbonyl (C=O) groups excluding carboxylic acids is 2. The third kappa shape index (κ3) is 7.43. The summed E-state index contributed by atoms with van der Waals surface area (Å²) in [5.74, 6) is -4.12. The first kappa shape index (κ1) is 28.4. The first-order valence-electron chi connectivity index (χ1n) is 11.7. The molecule has 12 heteroatoms. The maximum absolute atomic E-state index is 14.4. The Bertz CT molecular complexity index is 1320. The molecule has 1 aliphatic rings. The minimum atomic E-state index is -3.21. The van der Waals surface area contributed by atoms with Crippen LogP contribution in [-0.4, -0.2) is 52.1 Å². The highest BCUT2D eigenvalue weighted by Crippen LogP contribution is 2.32. The Morgan fingerprint density at radius 2 is 1.92 bits per heavy atom. The number of carbonyl (C=O) groups is 2. The number of ether oxygens (including phenoxy) is 1. The second-order valence-electron chi connectivity index (χ2n) is 9.98. The standard InChI is InChI=1S/C25H31F3N4O4S/c1-16-19(26)15-29-21(32-12-7-10-25(27,28)11-13-32)20(16)22(33)30-17-8-6-9-18(14-17)37(5,35)31-23(34)36-24(2,3)4/h6,8-9,14-15H,7,10-13H2,1-5H3,(H,30,33)/t37-/m1/s1. The molecule has 1 aromatic heterocycles. The fourth-order valence-electron chi connectivity index (χ4n) is 3.83. The van der Waals surface area contributed by atoms with E-state index in [4.69, 9.17) is 4.74 Å². The van der Waals surface area contributed by atoms with E-state index >= 15 is 0 Å². The van der Waals surface area contributed by atoms with E-state index < -0.39 is 45.5 Å². The van der Waals surface area contributed by atoms with Crippen molar-refractivity contribution in [2.75, 3.05) is 29.6 Å². The van der Waals surface area contributed by atoms with Crippen molar-refractivity contribution in [3.05, 3.63) is 47.4 Å². The molecule has 1 aromatic carbocycles. The van der Waals surface area contributed by atoms with Gasteiger partial charge in [0.2, 0.25) is 5.92 Å². The minimum absolute atomic E-state index is 0.0221. The average Bonchev–Trinajstić information content (AvgIpc) is 2.94. The van der Waals surface area contributed by atoms with Gasteiger partial charge in [0.25, 0.3) is 5.91 Å². The Morgan fingerprint density at radius 3 is 2.59 bits per heavy atom. The summed E-state index contributed by atoms with van der Waals surface area (Å²) in [6.07, 6.45) is 0.771. The van der Waals surface area contributed by atoms with Gasteiger partial charge in [-0.2, -0.15) is 0 Å². The van der Waals surface area contributed by atoms with Crippen molar-refractivity contribution >= 4 is 33.2 Å². The molecule has 0 unspecified atom stereocenters. The van der Waals surface area contributed by atoms with Crippen molar-refractivity contribution in [2.24, 2.45) is 4.36 Å². The Morgan fingerprint density at radius 1 is 1.22 bits per heavy atom. The molecule has 37 heavy (non-hydrogen) atoms. The van der Waals surface area contributed by atoms with Crippen LogP contribution < -0.4 is 10.2 Å². The van der Waals surface area contributed by atoms with Gasteiger partial charge in [-0.15, -0.1) is 4.36 Å². The number of pyridine rings is 1. The molecule has 1 saturated heterocycles. The smallest absolute Gasteiger partial charge is 0.442 e.